The number of rotatable bonds is 5. The van der Waals surface area contributed by atoms with Crippen LogP contribution in [-0.2, 0) is 0 Å². The van der Waals surface area contributed by atoms with Gasteiger partial charge in [0.25, 0.3) is 5.95 Å². The molecular formula is C15H14O4. The van der Waals surface area contributed by atoms with Gasteiger partial charge in [0, 0.05) is 5.56 Å². The van der Waals surface area contributed by atoms with E-state index in [-0.39, 0.29) is 5.95 Å². The molecule has 1 aromatic carbocycles. The molecule has 0 spiro atoms. The van der Waals surface area contributed by atoms with Gasteiger partial charge < -0.3 is 14.6 Å². The van der Waals surface area contributed by atoms with Gasteiger partial charge >= 0.3 is 0 Å². The Kier molecular flexibility index (Phi) is 4.03. The minimum atomic E-state index is -0.204. The van der Waals surface area contributed by atoms with Crippen LogP contribution in [0.3, 0.4) is 0 Å². The van der Waals surface area contributed by atoms with Crippen molar-refractivity contribution < 1.29 is 19.4 Å². The Balaban J connectivity index is 2.28. The van der Waals surface area contributed by atoms with Gasteiger partial charge in [-0.3, -0.25) is 4.79 Å². The first-order chi connectivity index (χ1) is 9.24. The first-order valence-corrected chi connectivity index (χ1v) is 5.92. The van der Waals surface area contributed by atoms with Crippen molar-refractivity contribution in [1.29, 1.82) is 0 Å². The highest BCUT2D eigenvalue weighted by atomic mass is 16.6. The second-order valence-corrected chi connectivity index (χ2v) is 3.84. The van der Waals surface area contributed by atoms with E-state index in [1.54, 1.807) is 42.5 Å². The lowest BCUT2D eigenvalue weighted by Crippen LogP contribution is -2.01. The third-order valence-corrected chi connectivity index (χ3v) is 2.52. The predicted octanol–water partition coefficient (Wildman–Crippen LogP) is 3.17. The fourth-order valence-electron chi connectivity index (χ4n) is 1.63. The van der Waals surface area contributed by atoms with E-state index in [2.05, 4.69) is 0 Å². The van der Waals surface area contributed by atoms with Crippen LogP contribution in [-0.4, -0.2) is 18.0 Å². The molecule has 0 atom stereocenters. The highest BCUT2D eigenvalue weighted by molar-refractivity contribution is 5.76. The van der Waals surface area contributed by atoms with E-state index < -0.39 is 0 Å². The molecule has 1 aliphatic carbocycles. The van der Waals surface area contributed by atoms with Crippen molar-refractivity contribution in [1.82, 2.24) is 0 Å². The molecule has 98 valence electrons. The van der Waals surface area contributed by atoms with Crippen LogP contribution in [0.1, 0.15) is 17.3 Å². The van der Waals surface area contributed by atoms with Crippen LogP contribution in [0.2, 0.25) is 0 Å². The molecule has 0 aromatic heterocycles. The molecule has 19 heavy (non-hydrogen) atoms. The lowest BCUT2D eigenvalue weighted by Gasteiger charge is -2.11. The molecule has 0 fully saturated rings. The summed E-state index contributed by atoms with van der Waals surface area (Å²) in [6, 6.07) is 4.76. The Morgan fingerprint density at radius 2 is 2.00 bits per heavy atom. The van der Waals surface area contributed by atoms with Crippen LogP contribution < -0.4 is 9.47 Å². The van der Waals surface area contributed by atoms with Crippen molar-refractivity contribution in [3.05, 3.63) is 59.6 Å². The zero-order chi connectivity index (χ0) is 13.7. The molecule has 0 unspecified atom stereocenters. The highest BCUT2D eigenvalue weighted by Crippen LogP contribution is 2.30. The summed E-state index contributed by atoms with van der Waals surface area (Å²) >= 11 is 0. The lowest BCUT2D eigenvalue weighted by molar-refractivity contribution is 0.112. The second kappa shape index (κ2) is 5.91. The van der Waals surface area contributed by atoms with Gasteiger partial charge in [0.1, 0.15) is 6.29 Å². The Morgan fingerprint density at radius 1 is 1.26 bits per heavy atom. The fourth-order valence-corrected chi connectivity index (χ4v) is 1.63. The fraction of sp³-hybridized carbons (Fsp3) is 0.133. The van der Waals surface area contributed by atoms with E-state index in [0.29, 0.717) is 29.2 Å². The number of aliphatic hydroxyl groups excluding tert-OH is 1. The number of hydrogen-bond acceptors (Lipinski definition) is 4. The molecule has 0 saturated heterocycles. The van der Waals surface area contributed by atoms with Crippen LogP contribution in [0.15, 0.2) is 54.0 Å². The van der Waals surface area contributed by atoms with E-state index >= 15 is 0 Å². The van der Waals surface area contributed by atoms with Gasteiger partial charge in [-0.1, -0.05) is 12.2 Å². The lowest BCUT2D eigenvalue weighted by atomic mass is 10.2. The topological polar surface area (TPSA) is 55.8 Å². The van der Waals surface area contributed by atoms with E-state index in [4.69, 9.17) is 9.47 Å². The average Bonchev–Trinajstić information content (AvgIpc) is 2.95. The third kappa shape index (κ3) is 3.04. The smallest absolute Gasteiger partial charge is 0.289 e. The van der Waals surface area contributed by atoms with Gasteiger partial charge in [-0.2, -0.15) is 0 Å². The predicted molar refractivity (Wildman–Crippen MR) is 71.6 cm³/mol. The van der Waals surface area contributed by atoms with E-state index in [1.165, 1.54) is 0 Å². The maximum absolute atomic E-state index is 10.7. The van der Waals surface area contributed by atoms with Crippen molar-refractivity contribution >= 4 is 6.29 Å². The molecule has 0 aliphatic heterocycles. The van der Waals surface area contributed by atoms with Crippen molar-refractivity contribution in [2.24, 2.45) is 0 Å². The number of allylic oxidation sites excluding steroid dienone is 5. The molecule has 4 nitrogen and oxygen atoms in total. The first kappa shape index (κ1) is 13.0. The Labute approximate surface area is 111 Å². The Morgan fingerprint density at radius 3 is 2.63 bits per heavy atom. The van der Waals surface area contributed by atoms with Crippen molar-refractivity contribution in [2.75, 3.05) is 6.61 Å². The van der Waals surface area contributed by atoms with E-state index in [9.17, 15) is 9.90 Å². The molecule has 1 aromatic rings. The summed E-state index contributed by atoms with van der Waals surface area (Å²) in [5, 5.41) is 9.85. The van der Waals surface area contributed by atoms with Gasteiger partial charge in [-0.05, 0) is 37.3 Å². The third-order valence-electron chi connectivity index (χ3n) is 2.52. The van der Waals surface area contributed by atoms with Crippen LogP contribution in [0.4, 0.5) is 0 Å². The SMILES string of the molecule is CCOc1cc(C=O)ccc1OC(O)=C1C=CC=C1. The summed E-state index contributed by atoms with van der Waals surface area (Å²) in [6.45, 7) is 2.27. The minimum Gasteiger partial charge on any atom is -0.490 e. The maximum Gasteiger partial charge on any atom is 0.289 e. The summed E-state index contributed by atoms with van der Waals surface area (Å²) in [6.07, 6.45) is 7.79. The van der Waals surface area contributed by atoms with Crippen LogP contribution in [0.5, 0.6) is 11.5 Å². The van der Waals surface area contributed by atoms with E-state index in [1.807, 2.05) is 6.92 Å². The Hall–Kier alpha value is -2.49. The molecule has 0 saturated carbocycles. The number of hydrogen-bond donors (Lipinski definition) is 1. The molecule has 1 N–H and O–H groups in total. The molecule has 0 radical (unpaired) electrons. The second-order valence-electron chi connectivity index (χ2n) is 3.84. The summed E-state index contributed by atoms with van der Waals surface area (Å²) < 4.78 is 10.8. The summed E-state index contributed by atoms with van der Waals surface area (Å²) in [5.41, 5.74) is 1.07. The molecular weight excluding hydrogens is 244 g/mol. The number of carbonyl (C=O) groups excluding carboxylic acids is 1. The molecule has 2 rings (SSSR count). The maximum atomic E-state index is 10.7. The first-order valence-electron chi connectivity index (χ1n) is 5.92. The summed E-state index contributed by atoms with van der Waals surface area (Å²) in [4.78, 5) is 10.7. The zero-order valence-corrected chi connectivity index (χ0v) is 10.5. The van der Waals surface area contributed by atoms with Crippen molar-refractivity contribution in [2.45, 2.75) is 6.92 Å². The van der Waals surface area contributed by atoms with Crippen molar-refractivity contribution in [3.8, 4) is 11.5 Å². The van der Waals surface area contributed by atoms with E-state index in [0.717, 1.165) is 6.29 Å². The normalized spacial score (nSPS) is 12.6. The van der Waals surface area contributed by atoms with Gasteiger partial charge in [-0.15, -0.1) is 0 Å². The Bertz CT molecular complexity index is 554. The number of aldehydes is 1. The summed E-state index contributed by atoms with van der Waals surface area (Å²) in [5.74, 6) is 0.584. The number of ether oxygens (including phenoxy) is 2. The van der Waals surface area contributed by atoms with Crippen molar-refractivity contribution in [3.63, 3.8) is 0 Å². The highest BCUT2D eigenvalue weighted by Gasteiger charge is 2.11. The van der Waals surface area contributed by atoms with Gasteiger partial charge in [-0.25, -0.2) is 0 Å². The zero-order valence-electron chi connectivity index (χ0n) is 10.5. The van der Waals surface area contributed by atoms with Gasteiger partial charge in [0.15, 0.2) is 11.5 Å². The summed E-state index contributed by atoms with van der Waals surface area (Å²) in [7, 11) is 0. The van der Waals surface area contributed by atoms with Gasteiger partial charge in [0.2, 0.25) is 0 Å². The standard InChI is InChI=1S/C15H14O4/c1-2-18-14-9-11(10-16)7-8-13(14)19-15(17)12-5-3-4-6-12/h3-10,17H,2H2,1H3. The average molecular weight is 258 g/mol. The van der Waals surface area contributed by atoms with Gasteiger partial charge in [0.05, 0.1) is 12.2 Å². The van der Waals surface area contributed by atoms with Crippen LogP contribution >= 0.6 is 0 Å². The molecule has 4 heteroatoms. The monoisotopic (exact) mass is 258 g/mol. The molecule has 1 aliphatic rings. The number of benzene rings is 1. The molecule has 0 bridgehead atoms. The molecule has 0 heterocycles. The molecule has 0 amide bonds. The van der Waals surface area contributed by atoms with Crippen LogP contribution in [0, 0.1) is 0 Å². The number of carbonyl (C=O) groups is 1. The largest absolute Gasteiger partial charge is 0.490 e. The number of aliphatic hydroxyl groups is 1. The van der Waals surface area contributed by atoms with Crippen LogP contribution in [0.25, 0.3) is 0 Å². The quantitative estimate of drug-likeness (QED) is 0.651. The minimum absolute atomic E-state index is 0.204.